The molecular weight excluding hydrogens is 1770 g/mol. The van der Waals surface area contributed by atoms with E-state index in [1.807, 2.05) is 24.3 Å². The van der Waals surface area contributed by atoms with Gasteiger partial charge in [-0.25, -0.2) is 9.97 Å². The third-order valence-corrected chi connectivity index (χ3v) is 31.6. The van der Waals surface area contributed by atoms with E-state index in [0.29, 0.717) is 0 Å². The van der Waals surface area contributed by atoms with Crippen molar-refractivity contribution in [2.75, 3.05) is 0 Å². The standard InChI is InChI=1S/C50H30N2O.C46H29NO.C39H24N2OS/c1-4-19-40-36(15-1)37-16-2-5-20-41(37)50(40)42-21-6-10-26-47(42)53-48-34(18-12-22-43(48)50)33-14-11-13-31(29-33)32-27-28-35-38-17-3-8-24-45(38)52-46-25-9-7-23-44(46)51-49(52)39(35)30-32;1-2-13-30(14-3-1)42-28-27-37-33(19-12-25-43(37)47-42)31-15-10-16-32(29-31)34-20-11-24-41-45(34)48-44-26-9-8-23-40(44)46(41)38-21-6-4-17-35(38)36-18-5-7-22-39(36)46;1-2-12-25(13-3-1)37-40-41-38(43-37)27-15-10-14-26(24-27)28-18-11-22-34-36(28)42-35-23-9-8-21-33(35)39(34)31-19-6-4-16-29(31)30-17-5-7-20-32(30)39/h1-30H;1-29H;1-24H. The number of nitrogens with zero attached hydrogens (tertiary/aromatic N) is 5. The fraction of sp³-hybridized carbons (Fsp3) is 0.0222. The second-order valence-electron chi connectivity index (χ2n) is 37.9. The van der Waals surface area contributed by atoms with Gasteiger partial charge >= 0.3 is 0 Å². The minimum Gasteiger partial charge on any atom is -0.456 e. The summed E-state index contributed by atoms with van der Waals surface area (Å²) in [6.45, 7) is 0. The van der Waals surface area contributed by atoms with E-state index < -0.39 is 16.2 Å². The highest BCUT2D eigenvalue weighted by molar-refractivity contribution is 7.17. The number of para-hydroxylation sites is 9. The minimum absolute atomic E-state index is 0.477. The van der Waals surface area contributed by atoms with E-state index in [2.05, 4.69) is 494 Å². The molecule has 4 aromatic heterocycles. The maximum Gasteiger partial charge on any atom is 0.148 e. The number of imidazole rings is 1. The molecule has 7 heterocycles. The summed E-state index contributed by atoms with van der Waals surface area (Å²) in [5.41, 5.74) is 41.6. The molecule has 0 bridgehead atoms. The second-order valence-corrected chi connectivity index (χ2v) is 38.8. The summed E-state index contributed by atoms with van der Waals surface area (Å²) >= 11 is 1.61. The smallest absolute Gasteiger partial charge is 0.148 e. The van der Waals surface area contributed by atoms with Gasteiger partial charge in [-0.1, -0.05) is 442 Å². The van der Waals surface area contributed by atoms with Gasteiger partial charge in [-0.05, 0) is 184 Å². The van der Waals surface area contributed by atoms with Gasteiger partial charge in [-0.2, -0.15) is 0 Å². The van der Waals surface area contributed by atoms with Crippen molar-refractivity contribution in [3.05, 3.63) is 570 Å². The zero-order valence-corrected chi connectivity index (χ0v) is 78.6. The minimum atomic E-state index is -0.495. The van der Waals surface area contributed by atoms with Gasteiger partial charge in [0.25, 0.3) is 0 Å². The van der Waals surface area contributed by atoms with Gasteiger partial charge in [0, 0.05) is 82.9 Å². The summed E-state index contributed by atoms with van der Waals surface area (Å²) in [5.74, 6) is 5.40. The second kappa shape index (κ2) is 32.8. The molecular formula is C135H83N5O3S. The SMILES string of the molecule is c1cc(-c2ccc3c4ccccc4n4c5ccccc5nc4c3c2)cc(-c2cccc3c2Oc2ccccc2C32c3ccccc3-c3ccccc32)c1.c1ccc(-c2ccc3c(-c4cccc(-c5cccc6c5Oc5ccccc5C65c6ccccc6-c6ccccc65)c4)cccc3n2)cc1.c1ccc(-c2nnc(-c3cccc(-c4cccc5c4Oc4ccccc4C54c5ccccc5-c5ccccc54)c3)s2)cc1. The number of hydrogen-bond donors (Lipinski definition) is 0. The number of pyridine rings is 2. The van der Waals surface area contributed by atoms with Crippen molar-refractivity contribution >= 4 is 60.6 Å². The number of benzene rings is 21. The molecule has 25 aromatic rings. The van der Waals surface area contributed by atoms with Crippen LogP contribution in [0, 0.1) is 0 Å². The number of rotatable bonds is 8. The van der Waals surface area contributed by atoms with E-state index >= 15 is 0 Å². The van der Waals surface area contributed by atoms with Crippen LogP contribution < -0.4 is 14.2 Å². The van der Waals surface area contributed by atoms with Crippen LogP contribution in [0.5, 0.6) is 34.5 Å². The molecule has 3 aliphatic heterocycles. The molecule has 21 aromatic carbocycles. The van der Waals surface area contributed by atoms with Crippen molar-refractivity contribution in [3.8, 4) is 156 Å². The monoisotopic (exact) mass is 1850 g/mol. The molecule has 0 saturated carbocycles. The molecule has 0 radical (unpaired) electrons. The lowest BCUT2D eigenvalue weighted by atomic mass is 9.65. The van der Waals surface area contributed by atoms with Crippen LogP contribution in [0.4, 0.5) is 0 Å². The first-order valence-corrected chi connectivity index (χ1v) is 49.9. The van der Waals surface area contributed by atoms with E-state index in [0.717, 1.165) is 161 Å². The molecule has 0 saturated heterocycles. The molecule has 9 heteroatoms. The van der Waals surface area contributed by atoms with Crippen molar-refractivity contribution < 1.29 is 14.2 Å². The Morgan fingerprint density at radius 2 is 0.507 bits per heavy atom. The lowest BCUT2D eigenvalue weighted by molar-refractivity contribution is 0.438. The molecule has 672 valence electrons. The summed E-state index contributed by atoms with van der Waals surface area (Å²) in [6, 6.07) is 180. The van der Waals surface area contributed by atoms with Crippen LogP contribution in [-0.2, 0) is 16.2 Å². The Bertz CT molecular complexity index is 9500. The Morgan fingerprint density at radius 1 is 0.188 bits per heavy atom. The van der Waals surface area contributed by atoms with Gasteiger partial charge in [0.05, 0.1) is 44.0 Å². The molecule has 144 heavy (non-hydrogen) atoms. The van der Waals surface area contributed by atoms with E-state index in [1.54, 1.807) is 11.3 Å². The normalized spacial score (nSPS) is 13.5. The Kier molecular flexibility index (Phi) is 18.8. The number of ether oxygens (including phenoxy) is 3. The average molecular weight is 1860 g/mol. The average Bonchev–Trinajstić information content (AvgIpc) is 1.51. The maximum absolute atomic E-state index is 6.99. The third kappa shape index (κ3) is 12.3. The highest BCUT2D eigenvalue weighted by atomic mass is 32.1. The molecule has 3 spiro atoms. The molecule has 8 nitrogen and oxygen atoms in total. The summed E-state index contributed by atoms with van der Waals surface area (Å²) in [7, 11) is 0. The predicted molar refractivity (Wildman–Crippen MR) is 585 cm³/mol. The van der Waals surface area contributed by atoms with Gasteiger partial charge in [-0.3, -0.25) is 4.40 Å². The fourth-order valence-electron chi connectivity index (χ4n) is 24.6. The van der Waals surface area contributed by atoms with E-state index in [9.17, 15) is 0 Å². The number of aromatic nitrogens is 5. The summed E-state index contributed by atoms with van der Waals surface area (Å²) in [6.07, 6.45) is 0. The zero-order valence-electron chi connectivity index (χ0n) is 77.8. The van der Waals surface area contributed by atoms with Gasteiger partial charge in [-0.15, -0.1) is 10.2 Å². The molecule has 0 unspecified atom stereocenters. The third-order valence-electron chi connectivity index (χ3n) is 30.5. The van der Waals surface area contributed by atoms with Crippen LogP contribution in [0.15, 0.2) is 504 Å². The van der Waals surface area contributed by atoms with Crippen molar-refractivity contribution in [1.82, 2.24) is 24.6 Å². The van der Waals surface area contributed by atoms with Crippen LogP contribution >= 0.6 is 11.3 Å². The first-order chi connectivity index (χ1) is 71.4. The lowest BCUT2D eigenvalue weighted by Gasteiger charge is -2.40. The maximum atomic E-state index is 6.99. The van der Waals surface area contributed by atoms with Gasteiger partial charge < -0.3 is 14.2 Å². The van der Waals surface area contributed by atoms with Gasteiger partial charge in [0.15, 0.2) is 0 Å². The predicted octanol–water partition coefficient (Wildman–Crippen LogP) is 34.3. The molecule has 0 N–H and O–H groups in total. The van der Waals surface area contributed by atoms with Crippen molar-refractivity contribution in [1.29, 1.82) is 0 Å². The highest BCUT2D eigenvalue weighted by Gasteiger charge is 2.55. The quantitative estimate of drug-likeness (QED) is 0.140. The summed E-state index contributed by atoms with van der Waals surface area (Å²) < 4.78 is 23.1. The van der Waals surface area contributed by atoms with Crippen LogP contribution in [0.25, 0.3) is 171 Å². The van der Waals surface area contributed by atoms with E-state index in [1.165, 1.54) is 111 Å². The van der Waals surface area contributed by atoms with Gasteiger partial charge in [0.2, 0.25) is 0 Å². The zero-order chi connectivity index (χ0) is 94.7. The van der Waals surface area contributed by atoms with Crippen LogP contribution in [0.3, 0.4) is 0 Å². The summed E-state index contributed by atoms with van der Waals surface area (Å²) in [5, 5.41) is 15.6. The first kappa shape index (κ1) is 82.5. The molecule has 6 aliphatic rings. The number of fused-ring (bicyclic) bond motifs is 36. The Morgan fingerprint density at radius 3 is 0.993 bits per heavy atom. The lowest BCUT2D eigenvalue weighted by Crippen LogP contribution is -2.32. The van der Waals surface area contributed by atoms with Crippen LogP contribution in [-0.4, -0.2) is 24.6 Å². The van der Waals surface area contributed by atoms with Crippen molar-refractivity contribution in [2.24, 2.45) is 0 Å². The number of hydrogen-bond acceptors (Lipinski definition) is 8. The topological polar surface area (TPSA) is 83.7 Å². The molecule has 0 atom stereocenters. The van der Waals surface area contributed by atoms with Crippen molar-refractivity contribution in [3.63, 3.8) is 0 Å². The molecule has 3 aliphatic carbocycles. The molecule has 0 fully saturated rings. The molecule has 31 rings (SSSR count). The Labute approximate surface area is 835 Å². The molecule has 0 amide bonds. The first-order valence-electron chi connectivity index (χ1n) is 49.1. The Balaban J connectivity index is 0.000000103. The fourth-order valence-corrected chi connectivity index (χ4v) is 25.4. The van der Waals surface area contributed by atoms with E-state index in [-0.39, 0.29) is 0 Å². The summed E-state index contributed by atoms with van der Waals surface area (Å²) in [4.78, 5) is 10.2. The largest absolute Gasteiger partial charge is 0.456 e. The van der Waals surface area contributed by atoms with E-state index in [4.69, 9.17) is 24.2 Å². The Hall–Kier alpha value is -18.5. The highest BCUT2D eigenvalue weighted by Crippen LogP contribution is 2.68. The van der Waals surface area contributed by atoms with Crippen LogP contribution in [0.1, 0.15) is 66.8 Å². The van der Waals surface area contributed by atoms with Gasteiger partial charge in [0.1, 0.15) is 50.2 Å². The van der Waals surface area contributed by atoms with Crippen molar-refractivity contribution in [2.45, 2.75) is 16.2 Å². The van der Waals surface area contributed by atoms with Crippen LogP contribution in [0.2, 0.25) is 0 Å².